The van der Waals surface area contributed by atoms with E-state index in [-0.39, 0.29) is 0 Å². The minimum Gasteiger partial charge on any atom is -0.256 e. The van der Waals surface area contributed by atoms with E-state index in [0.717, 1.165) is 132 Å². The minimum atomic E-state index is 0.510. The number of nitrogens with zero attached hydrogens (tertiary/aromatic N) is 11. The standard InChI is InChI=1S/C69H39N11/c1-3-10-40(11-4-1)53-38-55(68-77-64(45-17-25-57-42(34-45)14-7-29-70-57)75-65(78-68)46-18-26-58-43(35-46)15-8-30-71-58)51-23-21-50-54(41-12-5-2-6-13-41)39-56(52-24-22-49(53)62(51)63(50)52)69-79-66(47-19-27-59-44(36-47)16-9-31-72-59)76-67(80-69)48-20-28-60-61(37-48)74-33-32-73-60/h1-39H. The van der Waals surface area contributed by atoms with E-state index in [9.17, 15) is 0 Å². The molecule has 0 aliphatic heterocycles. The maximum atomic E-state index is 5.44. The lowest BCUT2D eigenvalue weighted by atomic mass is 9.83. The summed E-state index contributed by atoms with van der Waals surface area (Å²) in [6.07, 6.45) is 8.83. The van der Waals surface area contributed by atoms with E-state index in [1.165, 1.54) is 0 Å². The molecule has 6 heterocycles. The highest BCUT2D eigenvalue weighted by molar-refractivity contribution is 6.31. The van der Waals surface area contributed by atoms with Crippen LogP contribution in [0, 0.1) is 0 Å². The van der Waals surface area contributed by atoms with Crippen LogP contribution in [-0.2, 0) is 0 Å². The van der Waals surface area contributed by atoms with Crippen LogP contribution in [0.25, 0.3) is 167 Å². The molecular weight excluding hydrogens is 983 g/mol. The maximum Gasteiger partial charge on any atom is 0.164 e. The Kier molecular flexibility index (Phi) is 10.3. The van der Waals surface area contributed by atoms with Crippen molar-refractivity contribution >= 4 is 76.1 Å². The normalized spacial score (nSPS) is 11.8. The van der Waals surface area contributed by atoms with Crippen LogP contribution in [0.3, 0.4) is 0 Å². The molecule has 0 amide bonds. The third-order valence-electron chi connectivity index (χ3n) is 15.1. The summed E-state index contributed by atoms with van der Waals surface area (Å²) in [5, 5.41) is 9.23. The number of aromatic nitrogens is 11. The highest BCUT2D eigenvalue weighted by Crippen LogP contribution is 2.48. The van der Waals surface area contributed by atoms with Gasteiger partial charge in [-0.25, -0.2) is 29.9 Å². The molecule has 16 aromatic rings. The van der Waals surface area contributed by atoms with Crippen molar-refractivity contribution in [3.05, 3.63) is 237 Å². The van der Waals surface area contributed by atoms with Crippen molar-refractivity contribution < 1.29 is 0 Å². The van der Waals surface area contributed by atoms with Crippen LogP contribution in [0.1, 0.15) is 0 Å². The van der Waals surface area contributed by atoms with Gasteiger partial charge in [-0.3, -0.25) is 24.9 Å². The molecule has 0 fully saturated rings. The average molecular weight is 1020 g/mol. The van der Waals surface area contributed by atoms with E-state index < -0.39 is 0 Å². The van der Waals surface area contributed by atoms with Crippen molar-refractivity contribution in [3.63, 3.8) is 0 Å². The molecule has 80 heavy (non-hydrogen) atoms. The summed E-state index contributed by atoms with van der Waals surface area (Å²) in [7, 11) is 0. The van der Waals surface area contributed by atoms with Gasteiger partial charge in [0.25, 0.3) is 0 Å². The molecule has 0 aliphatic carbocycles. The average Bonchev–Trinajstić information content (AvgIpc) is 3.70. The molecule has 0 radical (unpaired) electrons. The van der Waals surface area contributed by atoms with E-state index in [0.29, 0.717) is 34.9 Å². The summed E-state index contributed by atoms with van der Waals surface area (Å²) >= 11 is 0. The van der Waals surface area contributed by atoms with Gasteiger partial charge in [0.15, 0.2) is 34.9 Å². The topological polar surface area (TPSA) is 142 Å². The molecule has 370 valence electrons. The number of rotatable bonds is 8. The number of fused-ring (bicyclic) bond motifs is 4. The summed E-state index contributed by atoms with van der Waals surface area (Å²) in [5.74, 6) is 3.20. The lowest BCUT2D eigenvalue weighted by Crippen LogP contribution is -2.03. The van der Waals surface area contributed by atoms with Gasteiger partial charge in [0.2, 0.25) is 0 Å². The van der Waals surface area contributed by atoms with Crippen LogP contribution < -0.4 is 0 Å². The fourth-order valence-corrected chi connectivity index (χ4v) is 11.3. The van der Waals surface area contributed by atoms with Crippen molar-refractivity contribution in [2.75, 3.05) is 0 Å². The van der Waals surface area contributed by atoms with Crippen LogP contribution in [0.15, 0.2) is 237 Å². The van der Waals surface area contributed by atoms with Gasteiger partial charge >= 0.3 is 0 Å². The largest absolute Gasteiger partial charge is 0.256 e. The molecule has 0 saturated heterocycles. The number of hydrogen-bond donors (Lipinski definition) is 0. The van der Waals surface area contributed by atoms with Crippen LogP contribution in [-0.4, -0.2) is 54.8 Å². The molecule has 0 unspecified atom stereocenters. The van der Waals surface area contributed by atoms with Crippen LogP contribution >= 0.6 is 0 Å². The molecule has 11 nitrogen and oxygen atoms in total. The number of benzene rings is 10. The quantitative estimate of drug-likeness (QED) is 0.134. The van der Waals surface area contributed by atoms with Gasteiger partial charge in [0, 0.05) is 80.5 Å². The van der Waals surface area contributed by atoms with E-state index in [1.807, 2.05) is 85.2 Å². The molecule has 6 aromatic heterocycles. The fourth-order valence-electron chi connectivity index (χ4n) is 11.3. The predicted octanol–water partition coefficient (Wildman–Crippen LogP) is 15.9. The third kappa shape index (κ3) is 7.63. The second kappa shape index (κ2) is 18.3. The van der Waals surface area contributed by atoms with Crippen molar-refractivity contribution in [1.82, 2.24) is 54.8 Å². The molecule has 0 bridgehead atoms. The van der Waals surface area contributed by atoms with Gasteiger partial charge in [-0.05, 0) is 158 Å². The van der Waals surface area contributed by atoms with Gasteiger partial charge in [0.1, 0.15) is 0 Å². The zero-order chi connectivity index (χ0) is 52.7. The van der Waals surface area contributed by atoms with Crippen molar-refractivity contribution in [2.45, 2.75) is 0 Å². The molecule has 0 aliphatic rings. The Morgan fingerprint density at radius 2 is 0.537 bits per heavy atom. The van der Waals surface area contributed by atoms with Gasteiger partial charge in [-0.1, -0.05) is 103 Å². The van der Waals surface area contributed by atoms with Crippen LogP contribution in [0.2, 0.25) is 0 Å². The summed E-state index contributed by atoms with van der Waals surface area (Å²) in [5.41, 5.74) is 13.4. The van der Waals surface area contributed by atoms with Crippen molar-refractivity contribution in [3.8, 4) is 90.6 Å². The third-order valence-corrected chi connectivity index (χ3v) is 15.1. The van der Waals surface area contributed by atoms with Gasteiger partial charge < -0.3 is 0 Å². The predicted molar refractivity (Wildman–Crippen MR) is 319 cm³/mol. The zero-order valence-electron chi connectivity index (χ0n) is 42.4. The van der Waals surface area contributed by atoms with Gasteiger partial charge in [0.05, 0.1) is 27.6 Å². The molecule has 16 rings (SSSR count). The summed E-state index contributed by atoms with van der Waals surface area (Å²) in [6.45, 7) is 0. The number of pyridine rings is 3. The molecule has 0 spiro atoms. The monoisotopic (exact) mass is 1020 g/mol. The van der Waals surface area contributed by atoms with Crippen LogP contribution in [0.5, 0.6) is 0 Å². The lowest BCUT2D eigenvalue weighted by molar-refractivity contribution is 1.08. The Morgan fingerprint density at radius 1 is 0.200 bits per heavy atom. The summed E-state index contributed by atoms with van der Waals surface area (Å²) < 4.78 is 0. The SMILES string of the molecule is c1ccc(-c2cc(-c3nc(-c4ccc5ncccc5c4)nc(-c4ccc5ncccc5c4)n3)c3ccc4c(-c5ccccc5)cc(-c5nc(-c6ccc7ncccc7c6)nc(-c6ccc7nccnc7c6)n5)c5ccc2c3c45)cc1. The zero-order valence-corrected chi connectivity index (χ0v) is 42.4. The highest BCUT2D eigenvalue weighted by atomic mass is 15.0. The molecule has 0 saturated carbocycles. The van der Waals surface area contributed by atoms with Gasteiger partial charge in [-0.2, -0.15) is 0 Å². The Balaban J connectivity index is 0.996. The lowest BCUT2D eigenvalue weighted by Gasteiger charge is -2.21. The smallest absolute Gasteiger partial charge is 0.164 e. The van der Waals surface area contributed by atoms with Crippen molar-refractivity contribution in [2.24, 2.45) is 0 Å². The van der Waals surface area contributed by atoms with E-state index >= 15 is 0 Å². The minimum absolute atomic E-state index is 0.510. The van der Waals surface area contributed by atoms with E-state index in [4.69, 9.17) is 29.9 Å². The molecular formula is C69H39N11. The molecule has 11 heteroatoms. The fraction of sp³-hybridized carbons (Fsp3) is 0. The molecule has 0 N–H and O–H groups in total. The summed E-state index contributed by atoms with van der Waals surface area (Å²) in [6, 6.07) is 71.1. The van der Waals surface area contributed by atoms with Crippen LogP contribution in [0.4, 0.5) is 0 Å². The second-order valence-corrected chi connectivity index (χ2v) is 19.9. The highest BCUT2D eigenvalue weighted by Gasteiger charge is 2.25. The Hall–Kier alpha value is -11.2. The van der Waals surface area contributed by atoms with Crippen molar-refractivity contribution in [1.29, 1.82) is 0 Å². The Bertz CT molecular complexity index is 4630. The Labute approximate surface area is 456 Å². The van der Waals surface area contributed by atoms with E-state index in [2.05, 4.69) is 158 Å². The van der Waals surface area contributed by atoms with E-state index in [1.54, 1.807) is 18.6 Å². The summed E-state index contributed by atoms with van der Waals surface area (Å²) in [4.78, 5) is 55.2. The molecule has 0 atom stereocenters. The maximum absolute atomic E-state index is 5.44. The first-order valence-corrected chi connectivity index (χ1v) is 26.3. The number of hydrogen-bond acceptors (Lipinski definition) is 11. The first-order chi connectivity index (χ1) is 39.6. The Morgan fingerprint density at radius 3 is 0.950 bits per heavy atom. The van der Waals surface area contributed by atoms with Gasteiger partial charge in [-0.15, -0.1) is 0 Å². The first kappa shape index (κ1) is 45.1. The first-order valence-electron chi connectivity index (χ1n) is 26.3. The second-order valence-electron chi connectivity index (χ2n) is 19.9. The molecule has 10 aromatic carbocycles.